The molecule has 2 rings (SSSR count). The molecule has 1 saturated heterocycles. The van der Waals surface area contributed by atoms with Crippen molar-refractivity contribution in [1.29, 1.82) is 0 Å². The van der Waals surface area contributed by atoms with Crippen molar-refractivity contribution in [2.24, 2.45) is 0 Å². The van der Waals surface area contributed by atoms with E-state index >= 15 is 0 Å². The Kier molecular flexibility index (Phi) is 3.64. The van der Waals surface area contributed by atoms with Gasteiger partial charge in [0, 0.05) is 12.6 Å². The fourth-order valence-corrected chi connectivity index (χ4v) is 4.48. The zero-order valence-electron chi connectivity index (χ0n) is 10.8. The van der Waals surface area contributed by atoms with Gasteiger partial charge in [0.1, 0.15) is 10.6 Å². The molecule has 106 valence electrons. The van der Waals surface area contributed by atoms with Crippen LogP contribution >= 0.6 is 0 Å². The molecule has 1 fully saturated rings. The number of carbonyl (C=O) groups is 1. The Morgan fingerprint density at radius 1 is 1.53 bits per heavy atom. The molecular weight excluding hydrogens is 272 g/mol. The second-order valence-corrected chi connectivity index (χ2v) is 6.49. The molecule has 0 saturated carbocycles. The monoisotopic (exact) mass is 288 g/mol. The number of nitrogens with zero attached hydrogens (tertiary/aromatic N) is 2. The summed E-state index contributed by atoms with van der Waals surface area (Å²) in [6.45, 7) is 3.44. The van der Waals surface area contributed by atoms with Gasteiger partial charge in [-0.3, -0.25) is 4.79 Å². The summed E-state index contributed by atoms with van der Waals surface area (Å²) in [4.78, 5) is 10.9. The predicted octanol–water partition coefficient (Wildman–Crippen LogP) is 0.919. The Hall–Kier alpha value is -1.41. The van der Waals surface area contributed by atoms with Crippen LogP contribution in [0, 0.1) is 13.8 Å². The van der Waals surface area contributed by atoms with Crippen LogP contribution in [0.4, 0.5) is 0 Å². The van der Waals surface area contributed by atoms with Gasteiger partial charge < -0.3 is 9.63 Å². The second-order valence-electron chi connectivity index (χ2n) is 4.66. The van der Waals surface area contributed by atoms with Gasteiger partial charge in [-0.15, -0.1) is 0 Å². The quantitative estimate of drug-likeness (QED) is 0.884. The van der Waals surface area contributed by atoms with Crippen LogP contribution in [0.15, 0.2) is 9.42 Å². The smallest absolute Gasteiger partial charge is 0.304 e. The van der Waals surface area contributed by atoms with Crippen LogP contribution in [0.1, 0.15) is 30.7 Å². The first-order valence-corrected chi connectivity index (χ1v) is 7.44. The van der Waals surface area contributed by atoms with Crippen molar-refractivity contribution >= 4 is 16.0 Å². The molecule has 19 heavy (non-hydrogen) atoms. The van der Waals surface area contributed by atoms with Crippen molar-refractivity contribution in [3.63, 3.8) is 0 Å². The van der Waals surface area contributed by atoms with Gasteiger partial charge in [0.05, 0.1) is 6.42 Å². The summed E-state index contributed by atoms with van der Waals surface area (Å²) in [5, 5.41) is 12.5. The average molecular weight is 288 g/mol. The third kappa shape index (κ3) is 2.50. The standard InChI is InChI=1S/C11H16N2O5S/c1-7-11(8(2)18-12-7)19(16,17)13-5-3-4-9(13)6-10(14)15/h9H,3-6H2,1-2H3,(H,14,15). The van der Waals surface area contributed by atoms with E-state index in [0.29, 0.717) is 25.1 Å². The number of aromatic nitrogens is 1. The molecule has 1 aromatic rings. The summed E-state index contributed by atoms with van der Waals surface area (Å²) in [5.74, 6) is -0.760. The van der Waals surface area contributed by atoms with E-state index in [-0.39, 0.29) is 17.1 Å². The lowest BCUT2D eigenvalue weighted by Crippen LogP contribution is -2.37. The van der Waals surface area contributed by atoms with Crippen molar-refractivity contribution in [3.8, 4) is 0 Å². The Labute approximate surface area is 111 Å². The number of carboxylic acids is 1. The molecule has 0 bridgehead atoms. The number of rotatable bonds is 4. The topological polar surface area (TPSA) is 101 Å². The molecule has 1 atom stereocenters. The van der Waals surface area contributed by atoms with Crippen LogP contribution in [0.25, 0.3) is 0 Å². The summed E-state index contributed by atoms with van der Waals surface area (Å²) in [5.41, 5.74) is 0.304. The van der Waals surface area contributed by atoms with Crippen molar-refractivity contribution in [2.75, 3.05) is 6.54 Å². The summed E-state index contributed by atoms with van der Waals surface area (Å²) < 4.78 is 31.3. The Morgan fingerprint density at radius 3 is 2.74 bits per heavy atom. The van der Waals surface area contributed by atoms with Crippen molar-refractivity contribution in [1.82, 2.24) is 9.46 Å². The first-order chi connectivity index (χ1) is 8.84. The number of sulfonamides is 1. The van der Waals surface area contributed by atoms with Crippen LogP contribution in [-0.2, 0) is 14.8 Å². The van der Waals surface area contributed by atoms with Crippen LogP contribution in [0.2, 0.25) is 0 Å². The van der Waals surface area contributed by atoms with Gasteiger partial charge in [-0.25, -0.2) is 8.42 Å². The highest BCUT2D eigenvalue weighted by molar-refractivity contribution is 7.89. The SMILES string of the molecule is Cc1noc(C)c1S(=O)(=O)N1CCCC1CC(=O)O. The molecular formula is C11H16N2O5S. The molecule has 1 aliphatic heterocycles. The van der Waals surface area contributed by atoms with Gasteiger partial charge in [-0.1, -0.05) is 5.16 Å². The van der Waals surface area contributed by atoms with Gasteiger partial charge in [0.25, 0.3) is 0 Å². The van der Waals surface area contributed by atoms with Gasteiger partial charge in [0.2, 0.25) is 10.0 Å². The molecule has 1 N–H and O–H groups in total. The minimum atomic E-state index is -3.74. The molecule has 8 heteroatoms. The zero-order valence-corrected chi connectivity index (χ0v) is 11.6. The fraction of sp³-hybridized carbons (Fsp3) is 0.636. The normalized spacial score (nSPS) is 20.8. The van der Waals surface area contributed by atoms with E-state index < -0.39 is 22.0 Å². The lowest BCUT2D eigenvalue weighted by atomic mass is 10.2. The highest BCUT2D eigenvalue weighted by atomic mass is 32.2. The molecule has 1 unspecified atom stereocenters. The van der Waals surface area contributed by atoms with Crippen LogP contribution < -0.4 is 0 Å². The molecule has 1 aliphatic rings. The van der Waals surface area contributed by atoms with Crippen molar-refractivity contribution in [3.05, 3.63) is 11.5 Å². The lowest BCUT2D eigenvalue weighted by molar-refractivity contribution is -0.137. The number of aliphatic carboxylic acids is 1. The van der Waals surface area contributed by atoms with E-state index in [1.165, 1.54) is 11.2 Å². The number of hydrogen-bond acceptors (Lipinski definition) is 5. The largest absolute Gasteiger partial charge is 0.481 e. The van der Waals surface area contributed by atoms with E-state index in [0.717, 1.165) is 0 Å². The highest BCUT2D eigenvalue weighted by Crippen LogP contribution is 2.30. The van der Waals surface area contributed by atoms with Gasteiger partial charge in [-0.05, 0) is 26.7 Å². The fourth-order valence-electron chi connectivity index (χ4n) is 2.49. The van der Waals surface area contributed by atoms with E-state index in [9.17, 15) is 13.2 Å². The molecule has 0 radical (unpaired) electrons. The van der Waals surface area contributed by atoms with Gasteiger partial charge in [-0.2, -0.15) is 4.31 Å². The van der Waals surface area contributed by atoms with Gasteiger partial charge >= 0.3 is 5.97 Å². The molecule has 0 spiro atoms. The van der Waals surface area contributed by atoms with Crippen LogP contribution in [0.5, 0.6) is 0 Å². The third-order valence-electron chi connectivity index (χ3n) is 3.27. The number of hydrogen-bond donors (Lipinski definition) is 1. The maximum atomic E-state index is 12.6. The average Bonchev–Trinajstić information content (AvgIpc) is 2.85. The highest BCUT2D eigenvalue weighted by Gasteiger charge is 2.39. The first-order valence-electron chi connectivity index (χ1n) is 6.00. The molecule has 0 aliphatic carbocycles. The molecule has 0 amide bonds. The summed E-state index contributed by atoms with van der Waals surface area (Å²) in [6, 6.07) is -0.490. The predicted molar refractivity (Wildman–Crippen MR) is 65.1 cm³/mol. The Morgan fingerprint density at radius 2 is 2.21 bits per heavy atom. The maximum absolute atomic E-state index is 12.6. The van der Waals surface area contributed by atoms with Crippen LogP contribution in [-0.4, -0.2) is 41.5 Å². The Balaban J connectivity index is 2.37. The van der Waals surface area contributed by atoms with E-state index in [1.54, 1.807) is 6.92 Å². The maximum Gasteiger partial charge on any atom is 0.304 e. The zero-order chi connectivity index (χ0) is 14.2. The minimum absolute atomic E-state index is 0.0600. The van der Waals surface area contributed by atoms with Crippen molar-refractivity contribution in [2.45, 2.75) is 44.0 Å². The minimum Gasteiger partial charge on any atom is -0.481 e. The lowest BCUT2D eigenvalue weighted by Gasteiger charge is -2.22. The third-order valence-corrected chi connectivity index (χ3v) is 5.46. The Bertz CT molecular complexity index is 573. The molecule has 2 heterocycles. The first kappa shape index (κ1) is 14.0. The number of carboxylic acid groups (broad SMARTS) is 1. The summed E-state index contributed by atoms with van der Waals surface area (Å²) in [6.07, 6.45) is 1.05. The van der Waals surface area contributed by atoms with Gasteiger partial charge in [0.15, 0.2) is 5.76 Å². The molecule has 7 nitrogen and oxygen atoms in total. The van der Waals surface area contributed by atoms with Crippen molar-refractivity contribution < 1.29 is 22.8 Å². The van der Waals surface area contributed by atoms with Crippen LogP contribution in [0.3, 0.4) is 0 Å². The number of aryl methyl sites for hydroxylation is 2. The molecule has 1 aromatic heterocycles. The van der Waals surface area contributed by atoms with E-state index in [2.05, 4.69) is 5.16 Å². The van der Waals surface area contributed by atoms with E-state index in [4.69, 9.17) is 9.63 Å². The summed E-state index contributed by atoms with van der Waals surface area (Å²) >= 11 is 0. The van der Waals surface area contributed by atoms with E-state index in [1.807, 2.05) is 0 Å². The second kappa shape index (κ2) is 4.93. The summed E-state index contributed by atoms with van der Waals surface area (Å²) in [7, 11) is -3.74. The molecule has 0 aromatic carbocycles.